The summed E-state index contributed by atoms with van der Waals surface area (Å²) in [6, 6.07) is 4.60. The topological polar surface area (TPSA) is 29.5 Å². The number of ether oxygens (including phenoxy) is 1. The van der Waals surface area contributed by atoms with Crippen LogP contribution in [0.5, 0.6) is 0 Å². The van der Waals surface area contributed by atoms with Gasteiger partial charge in [-0.2, -0.15) is 0 Å². The van der Waals surface area contributed by atoms with Crippen LogP contribution in [0.25, 0.3) is 0 Å². The highest BCUT2D eigenvalue weighted by Gasteiger charge is 2.25. The minimum Gasteiger partial charge on any atom is -0.388 e. The number of rotatable bonds is 2. The Bertz CT molecular complexity index is 350. The molecule has 1 N–H and O–H groups in total. The maximum atomic E-state index is 13.0. The molecule has 1 aliphatic rings. The monoisotopic (exact) mass is 274 g/mol. The minimum atomic E-state index is -0.565. The summed E-state index contributed by atoms with van der Waals surface area (Å²) in [4.78, 5) is 0. The van der Waals surface area contributed by atoms with Gasteiger partial charge in [-0.15, -0.1) is 0 Å². The number of hydrogen-bond acceptors (Lipinski definition) is 2. The Hall–Kier alpha value is -0.450. The first kappa shape index (κ1) is 11.0. The Kier molecular flexibility index (Phi) is 3.38. The van der Waals surface area contributed by atoms with E-state index in [0.29, 0.717) is 17.7 Å². The van der Waals surface area contributed by atoms with Crippen LogP contribution in [0.1, 0.15) is 18.1 Å². The summed E-state index contributed by atoms with van der Waals surface area (Å²) >= 11 is 3.11. The van der Waals surface area contributed by atoms with Crippen molar-refractivity contribution in [2.75, 3.05) is 13.2 Å². The molecule has 1 aromatic rings. The van der Waals surface area contributed by atoms with Gasteiger partial charge in [-0.3, -0.25) is 0 Å². The molecule has 0 spiro atoms. The zero-order valence-corrected chi connectivity index (χ0v) is 9.71. The summed E-state index contributed by atoms with van der Waals surface area (Å²) in [5.41, 5.74) is 0.735. The fraction of sp³-hybridized carbons (Fsp3) is 0.455. The SMILES string of the molecule is OC(c1ccc(F)c(Br)c1)C1CCOC1. The summed E-state index contributed by atoms with van der Waals surface area (Å²) in [6.45, 7) is 1.28. The number of benzene rings is 1. The molecule has 82 valence electrons. The zero-order chi connectivity index (χ0) is 10.8. The van der Waals surface area contributed by atoms with E-state index in [0.717, 1.165) is 12.0 Å². The summed E-state index contributed by atoms with van der Waals surface area (Å²) < 4.78 is 18.6. The summed E-state index contributed by atoms with van der Waals surface area (Å²) in [5, 5.41) is 10.0. The molecule has 4 heteroatoms. The largest absolute Gasteiger partial charge is 0.388 e. The van der Waals surface area contributed by atoms with Gasteiger partial charge in [0.15, 0.2) is 0 Å². The molecule has 1 aromatic carbocycles. The van der Waals surface area contributed by atoms with Crippen LogP contribution >= 0.6 is 15.9 Å². The Morgan fingerprint density at radius 2 is 2.33 bits per heavy atom. The molecule has 2 rings (SSSR count). The molecule has 0 amide bonds. The molecule has 0 aliphatic carbocycles. The summed E-state index contributed by atoms with van der Waals surface area (Å²) in [7, 11) is 0. The lowest BCUT2D eigenvalue weighted by Gasteiger charge is -2.17. The number of aliphatic hydroxyl groups excluding tert-OH is 1. The van der Waals surface area contributed by atoms with Crippen molar-refractivity contribution < 1.29 is 14.2 Å². The van der Waals surface area contributed by atoms with Crippen LogP contribution in [0.15, 0.2) is 22.7 Å². The molecule has 2 nitrogen and oxygen atoms in total. The fourth-order valence-corrected chi connectivity index (χ4v) is 2.17. The molecule has 15 heavy (non-hydrogen) atoms. The van der Waals surface area contributed by atoms with Crippen molar-refractivity contribution in [1.82, 2.24) is 0 Å². The predicted molar refractivity (Wildman–Crippen MR) is 58.0 cm³/mol. The lowest BCUT2D eigenvalue weighted by Crippen LogP contribution is -2.12. The zero-order valence-electron chi connectivity index (χ0n) is 8.12. The van der Waals surface area contributed by atoms with Crippen molar-refractivity contribution in [3.63, 3.8) is 0 Å². The van der Waals surface area contributed by atoms with Gasteiger partial charge in [0.1, 0.15) is 5.82 Å². The highest BCUT2D eigenvalue weighted by Crippen LogP contribution is 2.30. The van der Waals surface area contributed by atoms with E-state index in [1.807, 2.05) is 0 Å². The molecular formula is C11H12BrFO2. The molecule has 1 heterocycles. The van der Waals surface area contributed by atoms with E-state index in [1.165, 1.54) is 6.07 Å². The Morgan fingerprint density at radius 1 is 1.53 bits per heavy atom. The number of halogens is 2. The third-order valence-corrected chi connectivity index (χ3v) is 3.30. The molecule has 0 radical (unpaired) electrons. The van der Waals surface area contributed by atoms with Crippen LogP contribution in [0.3, 0.4) is 0 Å². The fourth-order valence-electron chi connectivity index (χ4n) is 1.77. The van der Waals surface area contributed by atoms with Crippen LogP contribution in [-0.4, -0.2) is 18.3 Å². The van der Waals surface area contributed by atoms with Crippen molar-refractivity contribution in [3.8, 4) is 0 Å². The Morgan fingerprint density at radius 3 is 2.93 bits per heavy atom. The molecule has 2 atom stereocenters. The summed E-state index contributed by atoms with van der Waals surface area (Å²) in [6.07, 6.45) is 0.292. The van der Waals surface area contributed by atoms with Crippen LogP contribution in [0, 0.1) is 11.7 Å². The van der Waals surface area contributed by atoms with Crippen molar-refractivity contribution in [1.29, 1.82) is 0 Å². The van der Waals surface area contributed by atoms with E-state index in [1.54, 1.807) is 12.1 Å². The van der Waals surface area contributed by atoms with Gasteiger partial charge in [0.05, 0.1) is 17.2 Å². The van der Waals surface area contributed by atoms with Crippen LogP contribution < -0.4 is 0 Å². The maximum Gasteiger partial charge on any atom is 0.137 e. The van der Waals surface area contributed by atoms with Gasteiger partial charge in [0.25, 0.3) is 0 Å². The third kappa shape index (κ3) is 2.38. The van der Waals surface area contributed by atoms with Gasteiger partial charge in [-0.05, 0) is 40.0 Å². The lowest BCUT2D eigenvalue weighted by atomic mass is 9.95. The highest BCUT2D eigenvalue weighted by molar-refractivity contribution is 9.10. The van der Waals surface area contributed by atoms with E-state index >= 15 is 0 Å². The van der Waals surface area contributed by atoms with E-state index < -0.39 is 6.10 Å². The van der Waals surface area contributed by atoms with E-state index in [4.69, 9.17) is 4.74 Å². The lowest BCUT2D eigenvalue weighted by molar-refractivity contribution is 0.0917. The smallest absolute Gasteiger partial charge is 0.137 e. The molecule has 2 unspecified atom stereocenters. The molecule has 0 bridgehead atoms. The van der Waals surface area contributed by atoms with Crippen molar-refractivity contribution in [3.05, 3.63) is 34.1 Å². The molecule has 1 aliphatic heterocycles. The predicted octanol–water partition coefficient (Wildman–Crippen LogP) is 2.66. The Balaban J connectivity index is 2.17. The van der Waals surface area contributed by atoms with Crippen molar-refractivity contribution >= 4 is 15.9 Å². The second-order valence-electron chi connectivity index (χ2n) is 3.74. The van der Waals surface area contributed by atoms with Crippen molar-refractivity contribution in [2.45, 2.75) is 12.5 Å². The van der Waals surface area contributed by atoms with E-state index in [9.17, 15) is 9.50 Å². The van der Waals surface area contributed by atoms with E-state index in [2.05, 4.69) is 15.9 Å². The summed E-state index contributed by atoms with van der Waals surface area (Å²) in [5.74, 6) is -0.184. The van der Waals surface area contributed by atoms with Gasteiger partial charge in [0.2, 0.25) is 0 Å². The Labute approximate surface area is 96.2 Å². The van der Waals surface area contributed by atoms with Gasteiger partial charge < -0.3 is 9.84 Å². The van der Waals surface area contributed by atoms with Crippen LogP contribution in [0.4, 0.5) is 4.39 Å². The van der Waals surface area contributed by atoms with Crippen LogP contribution in [0.2, 0.25) is 0 Å². The van der Waals surface area contributed by atoms with Gasteiger partial charge in [-0.1, -0.05) is 6.07 Å². The maximum absolute atomic E-state index is 13.0. The quantitative estimate of drug-likeness (QED) is 0.899. The molecule has 0 aromatic heterocycles. The minimum absolute atomic E-state index is 0.127. The van der Waals surface area contributed by atoms with E-state index in [-0.39, 0.29) is 11.7 Å². The van der Waals surface area contributed by atoms with Gasteiger partial charge in [0, 0.05) is 12.5 Å². The average Bonchev–Trinajstić information content (AvgIpc) is 2.74. The molecule has 1 saturated heterocycles. The number of aliphatic hydroxyl groups is 1. The molecule has 0 saturated carbocycles. The van der Waals surface area contributed by atoms with Gasteiger partial charge in [-0.25, -0.2) is 4.39 Å². The molecule has 1 fully saturated rings. The second kappa shape index (κ2) is 4.60. The normalized spacial score (nSPS) is 23.0. The second-order valence-corrected chi connectivity index (χ2v) is 4.60. The third-order valence-electron chi connectivity index (χ3n) is 2.70. The highest BCUT2D eigenvalue weighted by atomic mass is 79.9. The van der Waals surface area contributed by atoms with Crippen LogP contribution in [-0.2, 0) is 4.74 Å². The first-order chi connectivity index (χ1) is 7.18. The van der Waals surface area contributed by atoms with Gasteiger partial charge >= 0.3 is 0 Å². The first-order valence-electron chi connectivity index (χ1n) is 4.89. The molecular weight excluding hydrogens is 263 g/mol. The first-order valence-corrected chi connectivity index (χ1v) is 5.68. The van der Waals surface area contributed by atoms with Crippen molar-refractivity contribution in [2.24, 2.45) is 5.92 Å². The standard InChI is InChI=1S/C11H12BrFO2/c12-9-5-7(1-2-10(9)13)11(14)8-3-4-15-6-8/h1-2,5,8,11,14H,3-4,6H2. The number of hydrogen-bond donors (Lipinski definition) is 1. The average molecular weight is 275 g/mol.